The van der Waals surface area contributed by atoms with Crippen LogP contribution in [0.4, 0.5) is 0 Å². The molecule has 9 heteroatoms. The summed E-state index contributed by atoms with van der Waals surface area (Å²) >= 11 is 8.59. The molecule has 0 saturated carbocycles. The van der Waals surface area contributed by atoms with Gasteiger partial charge in [-0.1, -0.05) is 34.1 Å². The molecular weight excluding hydrogens is 444 g/mol. The number of rotatable bonds is 8. The molecule has 0 unspecified atom stereocenters. The first-order chi connectivity index (χ1) is 13.5. The van der Waals surface area contributed by atoms with Crippen LogP contribution in [0.1, 0.15) is 12.5 Å². The van der Waals surface area contributed by atoms with E-state index in [1.165, 1.54) is 4.68 Å². The zero-order valence-electron chi connectivity index (χ0n) is 15.1. The molecule has 2 N–H and O–H groups in total. The summed E-state index contributed by atoms with van der Waals surface area (Å²) in [7, 11) is 0. The Hall–Kier alpha value is -2.49. The van der Waals surface area contributed by atoms with Crippen LogP contribution in [0, 0.1) is 4.84 Å². The average Bonchev–Trinajstić information content (AvgIpc) is 3.04. The molecule has 146 valence electrons. The fourth-order valence-corrected chi connectivity index (χ4v) is 3.04. The van der Waals surface area contributed by atoms with Gasteiger partial charge in [-0.25, -0.2) is 10.1 Å². The summed E-state index contributed by atoms with van der Waals surface area (Å²) in [4.78, 5) is 12.3. The highest BCUT2D eigenvalue weighted by Crippen LogP contribution is 2.21. The quantitative estimate of drug-likeness (QED) is 0.390. The number of halogens is 1. The minimum absolute atomic E-state index is 0.175. The van der Waals surface area contributed by atoms with Crippen molar-refractivity contribution in [3.8, 4) is 17.2 Å². The fraction of sp³-hybridized carbons (Fsp3) is 0.211. The van der Waals surface area contributed by atoms with Gasteiger partial charge in [0.2, 0.25) is 11.8 Å². The number of nitrogens with zero attached hydrogens (tertiary/aromatic N) is 2. The Morgan fingerprint density at radius 3 is 2.79 bits per heavy atom. The van der Waals surface area contributed by atoms with E-state index in [-0.39, 0.29) is 23.8 Å². The van der Waals surface area contributed by atoms with Crippen molar-refractivity contribution in [2.75, 3.05) is 6.61 Å². The maximum atomic E-state index is 12.1. The van der Waals surface area contributed by atoms with Crippen LogP contribution >= 0.6 is 28.1 Å². The molecule has 7 nitrogen and oxygen atoms in total. The van der Waals surface area contributed by atoms with Crippen LogP contribution in [0.5, 0.6) is 5.75 Å². The third-order valence-electron chi connectivity index (χ3n) is 3.73. The first-order valence-corrected chi connectivity index (χ1v) is 9.82. The van der Waals surface area contributed by atoms with E-state index in [1.807, 2.05) is 55.5 Å². The number of hydrazine groups is 1. The van der Waals surface area contributed by atoms with Crippen molar-refractivity contribution >= 4 is 34.1 Å². The number of nitrogens with one attached hydrogen (secondary N) is 2. The van der Waals surface area contributed by atoms with Gasteiger partial charge in [0.15, 0.2) is 0 Å². The normalized spacial score (nSPS) is 10.6. The lowest BCUT2D eigenvalue weighted by Crippen LogP contribution is -2.39. The minimum atomic E-state index is -0.175. The van der Waals surface area contributed by atoms with Gasteiger partial charge in [0, 0.05) is 10.0 Å². The number of hydrogen-bond donors (Lipinski definition) is 2. The Morgan fingerprint density at radius 2 is 2.07 bits per heavy atom. The lowest BCUT2D eigenvalue weighted by atomic mass is 10.1. The van der Waals surface area contributed by atoms with Crippen LogP contribution in [0.2, 0.25) is 0 Å². The van der Waals surface area contributed by atoms with Crippen LogP contribution < -0.4 is 15.6 Å². The molecule has 0 aliphatic rings. The molecule has 28 heavy (non-hydrogen) atoms. The Balaban J connectivity index is 1.52. The van der Waals surface area contributed by atoms with Crippen molar-refractivity contribution in [3.05, 3.63) is 63.4 Å². The molecule has 1 aromatic heterocycles. The molecule has 0 radical (unpaired) electrons. The second kappa shape index (κ2) is 9.63. The Kier molecular flexibility index (Phi) is 6.96. The van der Waals surface area contributed by atoms with E-state index in [2.05, 4.69) is 31.9 Å². The summed E-state index contributed by atoms with van der Waals surface area (Å²) in [5.41, 5.74) is 7.13. The minimum Gasteiger partial charge on any atom is -0.494 e. The predicted molar refractivity (Wildman–Crippen MR) is 111 cm³/mol. The highest BCUT2D eigenvalue weighted by molar-refractivity contribution is 9.10. The highest BCUT2D eigenvalue weighted by atomic mass is 79.9. The number of ether oxygens (including phenoxy) is 1. The highest BCUT2D eigenvalue weighted by Gasteiger charge is 2.09. The molecule has 0 fully saturated rings. The van der Waals surface area contributed by atoms with Gasteiger partial charge in [0.25, 0.3) is 4.84 Å². The standard InChI is InChI=1S/C19H19BrN4O3S/c1-2-26-16-8-6-13(7-9-16)10-17(25)22-21-12-24-19(28)27-18(23-24)14-4-3-5-15(20)11-14/h3-9,11,21H,2,10,12H2,1H3,(H,22,25). The number of aromatic nitrogens is 2. The molecule has 3 rings (SSSR count). The fourth-order valence-electron chi connectivity index (χ4n) is 2.46. The number of hydrogen-bond acceptors (Lipinski definition) is 6. The molecular formula is C19H19BrN4O3S. The number of carbonyl (C=O) groups is 1. The number of amides is 1. The molecule has 0 spiro atoms. The lowest BCUT2D eigenvalue weighted by molar-refractivity contribution is -0.121. The van der Waals surface area contributed by atoms with E-state index in [1.54, 1.807) is 0 Å². The van der Waals surface area contributed by atoms with E-state index in [0.29, 0.717) is 12.5 Å². The maximum Gasteiger partial charge on any atom is 0.288 e. The zero-order valence-corrected chi connectivity index (χ0v) is 17.5. The van der Waals surface area contributed by atoms with Crippen LogP contribution in [-0.2, 0) is 17.9 Å². The molecule has 0 saturated heterocycles. The van der Waals surface area contributed by atoms with Crippen LogP contribution in [0.15, 0.2) is 57.4 Å². The molecule has 0 bridgehead atoms. The van der Waals surface area contributed by atoms with Crippen molar-refractivity contribution in [2.24, 2.45) is 0 Å². The lowest BCUT2D eigenvalue weighted by Gasteiger charge is -2.07. The maximum absolute atomic E-state index is 12.1. The molecule has 1 amide bonds. The van der Waals surface area contributed by atoms with Crippen molar-refractivity contribution in [1.29, 1.82) is 0 Å². The summed E-state index contributed by atoms with van der Waals surface area (Å²) in [5, 5.41) is 4.33. The molecule has 2 aromatic carbocycles. The predicted octanol–water partition coefficient (Wildman–Crippen LogP) is 3.85. The Morgan fingerprint density at radius 1 is 1.29 bits per heavy atom. The molecule has 0 atom stereocenters. The zero-order chi connectivity index (χ0) is 19.9. The first kappa shape index (κ1) is 20.2. The molecule has 3 aromatic rings. The molecule has 0 aliphatic carbocycles. The van der Waals surface area contributed by atoms with E-state index >= 15 is 0 Å². The molecule has 1 heterocycles. The van der Waals surface area contributed by atoms with Crippen molar-refractivity contribution in [3.63, 3.8) is 0 Å². The first-order valence-electron chi connectivity index (χ1n) is 8.62. The Labute approximate surface area is 175 Å². The summed E-state index contributed by atoms with van der Waals surface area (Å²) in [6.45, 7) is 2.72. The van der Waals surface area contributed by atoms with E-state index in [4.69, 9.17) is 21.4 Å². The Bertz CT molecular complexity index is 1000. The van der Waals surface area contributed by atoms with Crippen molar-refractivity contribution < 1.29 is 13.9 Å². The van der Waals surface area contributed by atoms with Crippen LogP contribution in [0.25, 0.3) is 11.5 Å². The summed E-state index contributed by atoms with van der Waals surface area (Å²) in [6.07, 6.45) is 0.243. The third kappa shape index (κ3) is 5.51. The van der Waals surface area contributed by atoms with Gasteiger partial charge in [-0.2, -0.15) is 0 Å². The average molecular weight is 463 g/mol. The largest absolute Gasteiger partial charge is 0.494 e. The van der Waals surface area contributed by atoms with Gasteiger partial charge in [-0.15, -0.1) is 5.10 Å². The SMILES string of the molecule is CCOc1ccc(CC(=O)NNCn2nc(-c3cccc(Br)c3)oc2=S)cc1. The number of carbonyl (C=O) groups excluding carboxylic acids is 1. The van der Waals surface area contributed by atoms with Gasteiger partial charge in [-0.3, -0.25) is 10.2 Å². The van der Waals surface area contributed by atoms with Gasteiger partial charge in [-0.05, 0) is 55.0 Å². The summed E-state index contributed by atoms with van der Waals surface area (Å²) in [5.74, 6) is 1.02. The second-order valence-corrected chi connectivity index (χ2v) is 7.08. The topological polar surface area (TPSA) is 81.3 Å². The van der Waals surface area contributed by atoms with Crippen molar-refractivity contribution in [1.82, 2.24) is 20.6 Å². The third-order valence-corrected chi connectivity index (χ3v) is 4.52. The van der Waals surface area contributed by atoms with E-state index < -0.39 is 0 Å². The number of benzene rings is 2. The van der Waals surface area contributed by atoms with Crippen LogP contribution in [-0.4, -0.2) is 22.3 Å². The van der Waals surface area contributed by atoms with E-state index in [9.17, 15) is 4.79 Å². The summed E-state index contributed by atoms with van der Waals surface area (Å²) in [6, 6.07) is 15.0. The molecule has 0 aliphatic heterocycles. The van der Waals surface area contributed by atoms with Gasteiger partial charge in [0.05, 0.1) is 13.0 Å². The summed E-state index contributed by atoms with van der Waals surface area (Å²) < 4.78 is 13.3. The van der Waals surface area contributed by atoms with Gasteiger partial charge in [0.1, 0.15) is 12.4 Å². The van der Waals surface area contributed by atoms with Crippen LogP contribution in [0.3, 0.4) is 0 Å². The monoisotopic (exact) mass is 462 g/mol. The van der Waals surface area contributed by atoms with Gasteiger partial charge < -0.3 is 9.15 Å². The van der Waals surface area contributed by atoms with Crippen molar-refractivity contribution in [2.45, 2.75) is 20.0 Å². The smallest absolute Gasteiger partial charge is 0.288 e. The van der Waals surface area contributed by atoms with Gasteiger partial charge >= 0.3 is 0 Å². The second-order valence-electron chi connectivity index (χ2n) is 5.82. The van der Waals surface area contributed by atoms with E-state index in [0.717, 1.165) is 21.3 Å².